The molecule has 0 bridgehead atoms. The Kier molecular flexibility index (Phi) is 4.21. The second kappa shape index (κ2) is 6.28. The number of hydrazine groups is 1. The van der Waals surface area contributed by atoms with Crippen LogP contribution in [-0.2, 0) is 6.42 Å². The molecule has 2 aromatic heterocycles. The summed E-state index contributed by atoms with van der Waals surface area (Å²) in [6, 6.07) is 2.53. The van der Waals surface area contributed by atoms with Crippen LogP contribution >= 0.6 is 0 Å². The van der Waals surface area contributed by atoms with Crippen molar-refractivity contribution in [2.45, 2.75) is 50.6 Å². The van der Waals surface area contributed by atoms with Crippen molar-refractivity contribution < 1.29 is 0 Å². The van der Waals surface area contributed by atoms with Crippen LogP contribution in [0.3, 0.4) is 0 Å². The van der Waals surface area contributed by atoms with Crippen molar-refractivity contribution in [2.24, 2.45) is 5.84 Å². The molecule has 114 valence electrons. The van der Waals surface area contributed by atoms with E-state index in [1.165, 1.54) is 32.1 Å². The van der Waals surface area contributed by atoms with E-state index in [2.05, 4.69) is 32.6 Å². The number of nitrogens with two attached hydrogens (primary N) is 2. The molecule has 0 spiro atoms. The van der Waals surface area contributed by atoms with Gasteiger partial charge in [0.25, 0.3) is 0 Å². The highest BCUT2D eigenvalue weighted by atomic mass is 15.3. The predicted molar refractivity (Wildman–Crippen MR) is 81.1 cm³/mol. The maximum Gasteiger partial charge on any atom is 0.123 e. The van der Waals surface area contributed by atoms with Gasteiger partial charge >= 0.3 is 0 Å². The highest BCUT2D eigenvalue weighted by molar-refractivity contribution is 5.39. The largest absolute Gasteiger partial charge is 0.384 e. The van der Waals surface area contributed by atoms with E-state index in [4.69, 9.17) is 16.7 Å². The molecule has 6 N–H and O–H groups in total. The van der Waals surface area contributed by atoms with Gasteiger partial charge in [-0.15, -0.1) is 0 Å². The van der Waals surface area contributed by atoms with E-state index in [9.17, 15) is 0 Å². The van der Waals surface area contributed by atoms with E-state index in [1.54, 1.807) is 6.20 Å². The minimum absolute atomic E-state index is 0.0848. The molecule has 1 unspecified atom stereocenters. The average Bonchev–Trinajstić information content (AvgIpc) is 3.15. The van der Waals surface area contributed by atoms with Gasteiger partial charge < -0.3 is 5.73 Å². The van der Waals surface area contributed by atoms with Gasteiger partial charge in [0.2, 0.25) is 0 Å². The zero-order valence-electron chi connectivity index (χ0n) is 12.1. The van der Waals surface area contributed by atoms with E-state index in [0.29, 0.717) is 18.3 Å². The first kappa shape index (κ1) is 14.1. The standard InChI is InChI=1S/C14H23N7/c15-14-12(9-17-19-14)13(18-16)8-10-6-7-21(20-10)11-4-2-1-3-5-11/h6-7,9,11,13,18H,1-5,8,16H2,(H3,15,17,19). The SMILES string of the molecule is NNC(Cc1ccn(C2CCCCC2)n1)c1cn[nH]c1N. The van der Waals surface area contributed by atoms with Crippen LogP contribution in [0.4, 0.5) is 5.82 Å². The van der Waals surface area contributed by atoms with Crippen molar-refractivity contribution in [3.8, 4) is 0 Å². The summed E-state index contributed by atoms with van der Waals surface area (Å²) in [4.78, 5) is 0. The number of anilines is 1. The minimum Gasteiger partial charge on any atom is -0.384 e. The summed E-state index contributed by atoms with van der Waals surface area (Å²) in [5.41, 5.74) is 10.5. The zero-order valence-corrected chi connectivity index (χ0v) is 12.1. The molecule has 7 heteroatoms. The van der Waals surface area contributed by atoms with E-state index in [1.807, 2.05) is 0 Å². The van der Waals surface area contributed by atoms with Crippen molar-refractivity contribution in [3.63, 3.8) is 0 Å². The lowest BCUT2D eigenvalue weighted by Crippen LogP contribution is -2.30. The van der Waals surface area contributed by atoms with Crippen LogP contribution in [0, 0.1) is 0 Å². The van der Waals surface area contributed by atoms with Gasteiger partial charge in [-0.1, -0.05) is 19.3 Å². The van der Waals surface area contributed by atoms with Crippen molar-refractivity contribution in [1.82, 2.24) is 25.4 Å². The zero-order chi connectivity index (χ0) is 14.7. The van der Waals surface area contributed by atoms with Crippen LogP contribution in [0.1, 0.15) is 55.4 Å². The van der Waals surface area contributed by atoms with Gasteiger partial charge in [-0.05, 0) is 18.9 Å². The maximum atomic E-state index is 5.85. The lowest BCUT2D eigenvalue weighted by Gasteiger charge is -2.22. The number of aromatic nitrogens is 4. The van der Waals surface area contributed by atoms with Gasteiger partial charge in [-0.3, -0.25) is 21.0 Å². The Morgan fingerprint density at radius 1 is 1.38 bits per heavy atom. The normalized spacial score (nSPS) is 18.0. The Balaban J connectivity index is 1.69. The van der Waals surface area contributed by atoms with Crippen LogP contribution < -0.4 is 17.0 Å². The van der Waals surface area contributed by atoms with E-state index in [0.717, 1.165) is 11.3 Å². The van der Waals surface area contributed by atoms with Gasteiger partial charge in [0, 0.05) is 18.2 Å². The third-order valence-electron chi connectivity index (χ3n) is 4.30. The number of hydrogen-bond acceptors (Lipinski definition) is 5. The molecule has 7 nitrogen and oxygen atoms in total. The van der Waals surface area contributed by atoms with E-state index >= 15 is 0 Å². The summed E-state index contributed by atoms with van der Waals surface area (Å²) in [7, 11) is 0. The topological polar surface area (TPSA) is 111 Å². The average molecular weight is 289 g/mol. The van der Waals surface area contributed by atoms with Gasteiger partial charge in [-0.25, -0.2) is 0 Å². The van der Waals surface area contributed by atoms with Crippen LogP contribution in [0.25, 0.3) is 0 Å². The predicted octanol–water partition coefficient (Wildman–Crippen LogP) is 1.44. The molecule has 0 saturated heterocycles. The first-order valence-electron chi connectivity index (χ1n) is 7.57. The van der Waals surface area contributed by atoms with Crippen LogP contribution in [0.5, 0.6) is 0 Å². The fourth-order valence-electron chi connectivity index (χ4n) is 3.09. The first-order chi connectivity index (χ1) is 10.3. The Labute approximate surface area is 124 Å². The molecule has 0 amide bonds. The molecule has 1 aliphatic rings. The molecule has 2 aromatic rings. The second-order valence-corrected chi connectivity index (χ2v) is 5.74. The molecular formula is C14H23N7. The number of aromatic amines is 1. The molecule has 1 saturated carbocycles. The summed E-state index contributed by atoms with van der Waals surface area (Å²) in [5.74, 6) is 6.19. The summed E-state index contributed by atoms with van der Waals surface area (Å²) >= 11 is 0. The number of nitrogens with zero attached hydrogens (tertiary/aromatic N) is 3. The molecule has 3 rings (SSSR count). The second-order valence-electron chi connectivity index (χ2n) is 5.74. The molecule has 0 radical (unpaired) electrons. The molecule has 1 fully saturated rings. The highest BCUT2D eigenvalue weighted by Crippen LogP contribution is 2.28. The van der Waals surface area contributed by atoms with Crippen LogP contribution in [0.15, 0.2) is 18.5 Å². The third-order valence-corrected chi connectivity index (χ3v) is 4.30. The Hall–Kier alpha value is -1.86. The van der Waals surface area contributed by atoms with Gasteiger partial charge in [0.15, 0.2) is 0 Å². The minimum atomic E-state index is -0.0848. The number of nitrogen functional groups attached to an aromatic ring is 1. The summed E-state index contributed by atoms with van der Waals surface area (Å²) in [6.45, 7) is 0. The third kappa shape index (κ3) is 3.08. The van der Waals surface area contributed by atoms with Gasteiger partial charge in [0.05, 0.1) is 24.0 Å². The molecule has 2 heterocycles. The fourth-order valence-corrected chi connectivity index (χ4v) is 3.09. The summed E-state index contributed by atoms with van der Waals surface area (Å²) < 4.78 is 2.11. The van der Waals surface area contributed by atoms with Crippen molar-refractivity contribution in [1.29, 1.82) is 0 Å². The Morgan fingerprint density at radius 3 is 2.86 bits per heavy atom. The van der Waals surface area contributed by atoms with Crippen molar-refractivity contribution in [2.75, 3.05) is 5.73 Å². The van der Waals surface area contributed by atoms with Crippen LogP contribution in [-0.4, -0.2) is 20.0 Å². The molecule has 1 aliphatic carbocycles. The first-order valence-corrected chi connectivity index (χ1v) is 7.57. The van der Waals surface area contributed by atoms with Crippen LogP contribution in [0.2, 0.25) is 0 Å². The van der Waals surface area contributed by atoms with Gasteiger partial charge in [-0.2, -0.15) is 10.2 Å². The van der Waals surface area contributed by atoms with Gasteiger partial charge in [0.1, 0.15) is 5.82 Å². The highest BCUT2D eigenvalue weighted by Gasteiger charge is 2.19. The van der Waals surface area contributed by atoms with E-state index < -0.39 is 0 Å². The Bertz CT molecular complexity index is 567. The fraction of sp³-hybridized carbons (Fsp3) is 0.571. The summed E-state index contributed by atoms with van der Waals surface area (Å²) in [6.07, 6.45) is 10.9. The number of hydrogen-bond donors (Lipinski definition) is 4. The van der Waals surface area contributed by atoms with Crippen molar-refractivity contribution in [3.05, 3.63) is 29.7 Å². The number of rotatable bonds is 5. The number of H-pyrrole nitrogens is 1. The maximum absolute atomic E-state index is 5.85. The summed E-state index contributed by atoms with van der Waals surface area (Å²) in [5, 5.41) is 11.4. The number of nitrogens with one attached hydrogen (secondary N) is 2. The van der Waals surface area contributed by atoms with E-state index in [-0.39, 0.29) is 6.04 Å². The molecule has 0 aliphatic heterocycles. The molecular weight excluding hydrogens is 266 g/mol. The lowest BCUT2D eigenvalue weighted by atomic mass is 9.96. The molecule has 21 heavy (non-hydrogen) atoms. The smallest absolute Gasteiger partial charge is 0.123 e. The lowest BCUT2D eigenvalue weighted by molar-refractivity contribution is 0.327. The molecule has 1 atom stereocenters. The van der Waals surface area contributed by atoms with Crippen molar-refractivity contribution >= 4 is 5.82 Å². The molecule has 0 aromatic carbocycles. The monoisotopic (exact) mass is 289 g/mol. The quantitative estimate of drug-likeness (QED) is 0.492. The Morgan fingerprint density at radius 2 is 2.19 bits per heavy atom.